The van der Waals surface area contributed by atoms with E-state index in [-0.39, 0.29) is 5.56 Å². The highest BCUT2D eigenvalue weighted by Crippen LogP contribution is 2.27. The number of carboxylic acids is 1. The van der Waals surface area contributed by atoms with Gasteiger partial charge in [-0.25, -0.2) is 4.79 Å². The minimum Gasteiger partial charge on any atom is -0.492 e. The van der Waals surface area contributed by atoms with Gasteiger partial charge in [-0.2, -0.15) is 0 Å². The SMILES string of the molecule is O=C(O)c1cnccc1OCC1CCC1. The summed E-state index contributed by atoms with van der Waals surface area (Å²) in [5.74, 6) is 0.0240. The van der Waals surface area contributed by atoms with Crippen LogP contribution in [0.25, 0.3) is 0 Å². The summed E-state index contributed by atoms with van der Waals surface area (Å²) in [6.45, 7) is 0.615. The highest BCUT2D eigenvalue weighted by Gasteiger charge is 2.19. The summed E-state index contributed by atoms with van der Waals surface area (Å²) >= 11 is 0. The van der Waals surface area contributed by atoms with Crippen molar-refractivity contribution in [3.63, 3.8) is 0 Å². The molecule has 0 spiro atoms. The van der Waals surface area contributed by atoms with Crippen LogP contribution in [-0.2, 0) is 0 Å². The molecule has 0 unspecified atom stereocenters. The minimum atomic E-state index is -0.994. The number of nitrogens with zero attached hydrogens (tertiary/aromatic N) is 1. The van der Waals surface area contributed by atoms with E-state index >= 15 is 0 Å². The first kappa shape index (κ1) is 9.96. The van der Waals surface area contributed by atoms with E-state index in [4.69, 9.17) is 9.84 Å². The number of hydrogen-bond donors (Lipinski definition) is 1. The maximum atomic E-state index is 10.8. The van der Waals surface area contributed by atoms with E-state index in [0.717, 1.165) is 0 Å². The molecule has 1 aromatic heterocycles. The summed E-state index contributed by atoms with van der Waals surface area (Å²) in [4.78, 5) is 14.6. The molecule has 4 nitrogen and oxygen atoms in total. The Balaban J connectivity index is 2.02. The first-order valence-corrected chi connectivity index (χ1v) is 5.07. The summed E-state index contributed by atoms with van der Waals surface area (Å²) in [6, 6.07) is 1.60. The molecule has 0 saturated heterocycles. The van der Waals surface area contributed by atoms with Crippen molar-refractivity contribution >= 4 is 5.97 Å². The van der Waals surface area contributed by atoms with Crippen LogP contribution in [0.15, 0.2) is 18.5 Å². The third-order valence-corrected chi connectivity index (χ3v) is 2.71. The first-order chi connectivity index (χ1) is 7.27. The molecule has 1 N–H and O–H groups in total. The fourth-order valence-electron chi connectivity index (χ4n) is 1.54. The molecule has 1 aliphatic rings. The van der Waals surface area contributed by atoms with Gasteiger partial charge in [0.25, 0.3) is 0 Å². The van der Waals surface area contributed by atoms with Gasteiger partial charge in [0, 0.05) is 12.4 Å². The minimum absolute atomic E-state index is 0.136. The van der Waals surface area contributed by atoms with Crippen molar-refractivity contribution in [1.29, 1.82) is 0 Å². The topological polar surface area (TPSA) is 59.4 Å². The largest absolute Gasteiger partial charge is 0.492 e. The maximum Gasteiger partial charge on any atom is 0.341 e. The Labute approximate surface area is 87.9 Å². The van der Waals surface area contributed by atoms with E-state index in [1.165, 1.54) is 25.5 Å². The van der Waals surface area contributed by atoms with Gasteiger partial charge in [-0.05, 0) is 24.8 Å². The van der Waals surface area contributed by atoms with Crippen molar-refractivity contribution in [2.24, 2.45) is 5.92 Å². The number of carbonyl (C=O) groups is 1. The van der Waals surface area contributed by atoms with Crippen LogP contribution in [0.4, 0.5) is 0 Å². The molecule has 1 aromatic rings. The molecule has 0 aromatic carbocycles. The van der Waals surface area contributed by atoms with Crippen LogP contribution in [0, 0.1) is 5.92 Å². The fraction of sp³-hybridized carbons (Fsp3) is 0.455. The second-order valence-electron chi connectivity index (χ2n) is 3.78. The summed E-state index contributed by atoms with van der Waals surface area (Å²) in [5, 5.41) is 8.88. The molecule has 0 amide bonds. The molecule has 0 aliphatic heterocycles. The number of rotatable bonds is 4. The Bertz CT molecular complexity index is 361. The van der Waals surface area contributed by atoms with E-state index in [9.17, 15) is 4.79 Å². The molecule has 4 heteroatoms. The van der Waals surface area contributed by atoms with E-state index < -0.39 is 5.97 Å². The Kier molecular flexibility index (Phi) is 2.85. The molecule has 2 rings (SSSR count). The van der Waals surface area contributed by atoms with E-state index in [2.05, 4.69) is 4.98 Å². The molecular formula is C11H13NO3. The van der Waals surface area contributed by atoms with Crippen molar-refractivity contribution in [2.45, 2.75) is 19.3 Å². The molecular weight excluding hydrogens is 194 g/mol. The predicted octanol–water partition coefficient (Wildman–Crippen LogP) is 1.96. The maximum absolute atomic E-state index is 10.8. The van der Waals surface area contributed by atoms with Crippen LogP contribution >= 0.6 is 0 Å². The van der Waals surface area contributed by atoms with Gasteiger partial charge >= 0.3 is 5.97 Å². The van der Waals surface area contributed by atoms with E-state index in [1.807, 2.05) is 0 Å². The van der Waals surface area contributed by atoms with Crippen molar-refractivity contribution in [1.82, 2.24) is 4.98 Å². The predicted molar refractivity (Wildman–Crippen MR) is 54.0 cm³/mol. The van der Waals surface area contributed by atoms with Gasteiger partial charge < -0.3 is 9.84 Å². The summed E-state index contributed by atoms with van der Waals surface area (Å²) in [7, 11) is 0. The fourth-order valence-corrected chi connectivity index (χ4v) is 1.54. The van der Waals surface area contributed by atoms with Gasteiger partial charge in [0.1, 0.15) is 11.3 Å². The monoisotopic (exact) mass is 207 g/mol. The number of carboxylic acid groups (broad SMARTS) is 1. The molecule has 1 aliphatic carbocycles. The highest BCUT2D eigenvalue weighted by atomic mass is 16.5. The molecule has 0 bridgehead atoms. The summed E-state index contributed by atoms with van der Waals surface area (Å²) in [6.07, 6.45) is 6.50. The van der Waals surface area contributed by atoms with Crippen LogP contribution in [0.5, 0.6) is 5.75 Å². The average molecular weight is 207 g/mol. The zero-order valence-electron chi connectivity index (χ0n) is 8.35. The van der Waals surface area contributed by atoms with Crippen LogP contribution in [0.1, 0.15) is 29.6 Å². The Morgan fingerprint density at radius 3 is 3.00 bits per heavy atom. The molecule has 0 radical (unpaired) electrons. The smallest absolute Gasteiger partial charge is 0.341 e. The Hall–Kier alpha value is -1.58. The first-order valence-electron chi connectivity index (χ1n) is 5.07. The standard InChI is InChI=1S/C11H13NO3/c13-11(14)9-6-12-5-4-10(9)15-7-8-2-1-3-8/h4-6,8H,1-3,7H2,(H,13,14). The van der Waals surface area contributed by atoms with Crippen molar-refractivity contribution in [2.75, 3.05) is 6.61 Å². The van der Waals surface area contributed by atoms with Gasteiger partial charge in [-0.15, -0.1) is 0 Å². The van der Waals surface area contributed by atoms with Crippen LogP contribution < -0.4 is 4.74 Å². The number of ether oxygens (including phenoxy) is 1. The summed E-state index contributed by atoms with van der Waals surface area (Å²) in [5.41, 5.74) is 0.136. The van der Waals surface area contributed by atoms with Crippen molar-refractivity contribution < 1.29 is 14.6 Å². The highest BCUT2D eigenvalue weighted by molar-refractivity contribution is 5.90. The van der Waals surface area contributed by atoms with E-state index in [1.54, 1.807) is 12.3 Å². The second-order valence-corrected chi connectivity index (χ2v) is 3.78. The third-order valence-electron chi connectivity index (χ3n) is 2.71. The lowest BCUT2D eigenvalue weighted by molar-refractivity contribution is 0.0689. The van der Waals surface area contributed by atoms with Crippen molar-refractivity contribution in [3.8, 4) is 5.75 Å². The zero-order valence-corrected chi connectivity index (χ0v) is 8.35. The van der Waals surface area contributed by atoms with Gasteiger partial charge in [0.2, 0.25) is 0 Å². The normalized spacial score (nSPS) is 15.7. The van der Waals surface area contributed by atoms with Gasteiger partial charge in [0.15, 0.2) is 0 Å². The Morgan fingerprint density at radius 2 is 2.40 bits per heavy atom. The number of hydrogen-bond acceptors (Lipinski definition) is 3. The van der Waals surface area contributed by atoms with Gasteiger partial charge in [0.05, 0.1) is 6.61 Å². The quantitative estimate of drug-likeness (QED) is 0.819. The lowest BCUT2D eigenvalue weighted by atomic mass is 9.86. The third kappa shape index (κ3) is 2.26. The number of aromatic nitrogens is 1. The second kappa shape index (κ2) is 4.29. The summed E-state index contributed by atoms with van der Waals surface area (Å²) < 4.78 is 5.48. The number of pyridine rings is 1. The van der Waals surface area contributed by atoms with Crippen LogP contribution in [0.3, 0.4) is 0 Å². The van der Waals surface area contributed by atoms with E-state index in [0.29, 0.717) is 18.3 Å². The molecule has 80 valence electrons. The van der Waals surface area contributed by atoms with Gasteiger partial charge in [-0.3, -0.25) is 4.98 Å². The van der Waals surface area contributed by atoms with Crippen molar-refractivity contribution in [3.05, 3.63) is 24.0 Å². The number of aromatic carboxylic acids is 1. The lowest BCUT2D eigenvalue weighted by Gasteiger charge is -2.25. The van der Waals surface area contributed by atoms with Gasteiger partial charge in [-0.1, -0.05) is 6.42 Å². The molecule has 15 heavy (non-hydrogen) atoms. The molecule has 1 saturated carbocycles. The molecule has 1 fully saturated rings. The van der Waals surface area contributed by atoms with Crippen LogP contribution in [-0.4, -0.2) is 22.7 Å². The Morgan fingerprint density at radius 1 is 1.60 bits per heavy atom. The molecule has 1 heterocycles. The average Bonchev–Trinajstić information content (AvgIpc) is 2.16. The van der Waals surface area contributed by atoms with Crippen LogP contribution in [0.2, 0.25) is 0 Å². The lowest BCUT2D eigenvalue weighted by Crippen LogP contribution is -2.20. The zero-order chi connectivity index (χ0) is 10.7. The molecule has 0 atom stereocenters.